The van der Waals surface area contributed by atoms with Crippen molar-refractivity contribution in [3.63, 3.8) is 0 Å². The lowest BCUT2D eigenvalue weighted by Gasteiger charge is -2.47. The molecular formula is C22H25N5O2. The van der Waals surface area contributed by atoms with Crippen molar-refractivity contribution in [3.05, 3.63) is 42.9 Å². The summed E-state index contributed by atoms with van der Waals surface area (Å²) >= 11 is 0. The summed E-state index contributed by atoms with van der Waals surface area (Å²) in [6, 6.07) is 8.25. The fourth-order valence-electron chi connectivity index (χ4n) is 4.41. The first kappa shape index (κ1) is 18.3. The average Bonchev–Trinajstić information content (AvgIpc) is 3.14. The Morgan fingerprint density at radius 1 is 1.24 bits per heavy atom. The minimum Gasteiger partial charge on any atom is -0.378 e. The molecule has 2 N–H and O–H groups in total. The number of nitrogens with zero attached hydrogens (tertiary/aromatic N) is 3. The van der Waals surface area contributed by atoms with Crippen molar-refractivity contribution in [2.75, 3.05) is 25.1 Å². The number of benzene rings is 1. The summed E-state index contributed by atoms with van der Waals surface area (Å²) in [5, 5.41) is 12.9. The second-order valence-corrected chi connectivity index (χ2v) is 8.08. The molecule has 3 heterocycles. The molecule has 0 spiro atoms. The number of rotatable bonds is 4. The molecule has 150 valence electrons. The van der Waals surface area contributed by atoms with Crippen LogP contribution in [-0.2, 0) is 16.6 Å². The summed E-state index contributed by atoms with van der Waals surface area (Å²) in [5.74, 6) is 0.635. The number of hydrogen-bond acceptors (Lipinski definition) is 5. The highest BCUT2D eigenvalue weighted by Crippen LogP contribution is 2.45. The van der Waals surface area contributed by atoms with Gasteiger partial charge in [-0.2, -0.15) is 5.10 Å². The molecule has 29 heavy (non-hydrogen) atoms. The maximum absolute atomic E-state index is 13.2. The third kappa shape index (κ3) is 3.30. The van der Waals surface area contributed by atoms with Gasteiger partial charge < -0.3 is 15.4 Å². The van der Waals surface area contributed by atoms with E-state index >= 15 is 0 Å². The molecule has 1 amide bonds. The van der Waals surface area contributed by atoms with Crippen molar-refractivity contribution < 1.29 is 9.53 Å². The van der Waals surface area contributed by atoms with Gasteiger partial charge in [0, 0.05) is 43.0 Å². The summed E-state index contributed by atoms with van der Waals surface area (Å²) in [4.78, 5) is 17.7. The van der Waals surface area contributed by atoms with Crippen molar-refractivity contribution in [1.29, 1.82) is 0 Å². The monoisotopic (exact) mass is 391 g/mol. The van der Waals surface area contributed by atoms with E-state index in [1.54, 1.807) is 4.68 Å². The molecule has 7 nitrogen and oxygen atoms in total. The molecule has 2 aromatic heterocycles. The smallest absolute Gasteiger partial charge is 0.233 e. The number of ether oxygens (including phenoxy) is 1. The lowest BCUT2D eigenvalue weighted by atomic mass is 9.63. The lowest BCUT2D eigenvalue weighted by Crippen LogP contribution is -2.60. The summed E-state index contributed by atoms with van der Waals surface area (Å²) in [6.45, 7) is 2.10. The second-order valence-electron chi connectivity index (χ2n) is 8.08. The van der Waals surface area contributed by atoms with Gasteiger partial charge in [-0.25, -0.2) is 4.98 Å². The number of fused-ring (bicyclic) bond motifs is 1. The van der Waals surface area contributed by atoms with Crippen LogP contribution >= 0.6 is 0 Å². The van der Waals surface area contributed by atoms with E-state index in [4.69, 9.17) is 4.74 Å². The lowest BCUT2D eigenvalue weighted by molar-refractivity contribution is -0.136. The van der Waals surface area contributed by atoms with Gasteiger partial charge >= 0.3 is 0 Å². The quantitative estimate of drug-likeness (QED) is 0.715. The molecule has 1 unspecified atom stereocenters. The van der Waals surface area contributed by atoms with Crippen LogP contribution in [0.3, 0.4) is 0 Å². The zero-order chi connectivity index (χ0) is 19.8. The van der Waals surface area contributed by atoms with Crippen LogP contribution in [0, 0.1) is 5.41 Å². The van der Waals surface area contributed by atoms with Gasteiger partial charge in [0.1, 0.15) is 5.82 Å². The van der Waals surface area contributed by atoms with E-state index < -0.39 is 5.41 Å². The first-order valence-corrected chi connectivity index (χ1v) is 10.2. The van der Waals surface area contributed by atoms with Crippen LogP contribution < -0.4 is 10.6 Å². The Morgan fingerprint density at radius 3 is 2.83 bits per heavy atom. The minimum absolute atomic E-state index is 0.0435. The van der Waals surface area contributed by atoms with Crippen LogP contribution in [0.4, 0.5) is 5.82 Å². The molecule has 7 heteroatoms. The number of carbonyl (C=O) groups excluding carboxylic acids is 1. The van der Waals surface area contributed by atoms with Gasteiger partial charge in [0.2, 0.25) is 5.91 Å². The van der Waals surface area contributed by atoms with Gasteiger partial charge in [-0.1, -0.05) is 18.6 Å². The van der Waals surface area contributed by atoms with Crippen LogP contribution in [0.25, 0.3) is 21.9 Å². The van der Waals surface area contributed by atoms with Gasteiger partial charge in [-0.15, -0.1) is 0 Å². The van der Waals surface area contributed by atoms with Crippen LogP contribution in [0.5, 0.6) is 0 Å². The van der Waals surface area contributed by atoms with E-state index in [0.717, 1.165) is 47.7 Å². The Morgan fingerprint density at radius 2 is 2.14 bits per heavy atom. The molecule has 1 saturated carbocycles. The molecule has 1 aliphatic carbocycles. The summed E-state index contributed by atoms with van der Waals surface area (Å²) in [7, 11) is 1.91. The van der Waals surface area contributed by atoms with E-state index in [1.807, 2.05) is 37.8 Å². The molecule has 2 fully saturated rings. The SMILES string of the molecule is Cn1cc(-c2ccc3cnc(NC(=O)C4(C5COCCN5)CCC4)cc3c2)cn1. The summed E-state index contributed by atoms with van der Waals surface area (Å²) in [6.07, 6.45) is 8.51. The Hall–Kier alpha value is -2.77. The van der Waals surface area contributed by atoms with Gasteiger partial charge in [-0.05, 0) is 35.9 Å². The predicted molar refractivity (Wildman–Crippen MR) is 111 cm³/mol. The topological polar surface area (TPSA) is 81.1 Å². The number of amides is 1. The number of hydrogen-bond donors (Lipinski definition) is 2. The van der Waals surface area contributed by atoms with E-state index in [9.17, 15) is 4.79 Å². The number of aryl methyl sites for hydroxylation is 1. The van der Waals surface area contributed by atoms with Gasteiger partial charge in [0.05, 0.1) is 24.8 Å². The molecule has 0 bridgehead atoms. The minimum atomic E-state index is -0.394. The third-order valence-corrected chi connectivity index (χ3v) is 6.29. The number of anilines is 1. The molecule has 2 aliphatic rings. The van der Waals surface area contributed by atoms with E-state index in [1.165, 1.54) is 0 Å². The predicted octanol–water partition coefficient (Wildman–Crippen LogP) is 2.73. The zero-order valence-electron chi connectivity index (χ0n) is 16.5. The Balaban J connectivity index is 1.40. The van der Waals surface area contributed by atoms with Crippen molar-refractivity contribution >= 4 is 22.5 Å². The van der Waals surface area contributed by atoms with Crippen molar-refractivity contribution in [3.8, 4) is 11.1 Å². The van der Waals surface area contributed by atoms with E-state index in [2.05, 4.69) is 32.8 Å². The van der Waals surface area contributed by atoms with Gasteiger partial charge in [0.15, 0.2) is 0 Å². The van der Waals surface area contributed by atoms with E-state index in [-0.39, 0.29) is 11.9 Å². The van der Waals surface area contributed by atoms with Crippen molar-refractivity contribution in [1.82, 2.24) is 20.1 Å². The second kappa shape index (κ2) is 7.24. The summed E-state index contributed by atoms with van der Waals surface area (Å²) < 4.78 is 7.40. The zero-order valence-corrected chi connectivity index (χ0v) is 16.5. The highest BCUT2D eigenvalue weighted by molar-refractivity contribution is 5.98. The molecule has 1 saturated heterocycles. The standard InChI is InChI=1S/C22H25N5O2/c1-27-13-18(12-25-27)15-3-4-16-11-24-20(10-17(16)9-15)26-21(28)22(5-2-6-22)19-14-29-8-7-23-19/h3-4,9-13,19,23H,2,5-8,14H2,1H3,(H,24,26,28). The molecule has 1 atom stereocenters. The Bertz CT molecular complexity index is 1050. The van der Waals surface area contributed by atoms with Crippen molar-refractivity contribution in [2.24, 2.45) is 12.5 Å². The number of pyridine rings is 1. The Labute approximate surface area is 169 Å². The fraction of sp³-hybridized carbons (Fsp3) is 0.409. The summed E-state index contributed by atoms with van der Waals surface area (Å²) in [5.41, 5.74) is 1.76. The fourth-order valence-corrected chi connectivity index (χ4v) is 4.41. The van der Waals surface area contributed by atoms with Crippen molar-refractivity contribution in [2.45, 2.75) is 25.3 Å². The molecule has 3 aromatic rings. The largest absolute Gasteiger partial charge is 0.378 e. The maximum atomic E-state index is 13.2. The van der Waals surface area contributed by atoms with Crippen LogP contribution in [0.15, 0.2) is 42.9 Å². The first-order valence-electron chi connectivity index (χ1n) is 10.2. The van der Waals surface area contributed by atoms with Gasteiger partial charge in [0.25, 0.3) is 0 Å². The number of morpholine rings is 1. The van der Waals surface area contributed by atoms with Crippen LogP contribution in [0.1, 0.15) is 19.3 Å². The van der Waals surface area contributed by atoms with E-state index in [0.29, 0.717) is 19.0 Å². The highest BCUT2D eigenvalue weighted by Gasteiger charge is 2.50. The number of carbonyl (C=O) groups is 1. The molecule has 1 aliphatic heterocycles. The molecule has 0 radical (unpaired) electrons. The normalized spacial score (nSPS) is 20.9. The van der Waals surface area contributed by atoms with Crippen LogP contribution in [0.2, 0.25) is 0 Å². The first-order chi connectivity index (χ1) is 14.1. The molecule has 1 aromatic carbocycles. The number of aromatic nitrogens is 3. The average molecular weight is 391 g/mol. The number of nitrogens with one attached hydrogen (secondary N) is 2. The van der Waals surface area contributed by atoms with Crippen LogP contribution in [-0.4, -0.2) is 46.5 Å². The maximum Gasteiger partial charge on any atom is 0.233 e. The molecular weight excluding hydrogens is 366 g/mol. The highest BCUT2D eigenvalue weighted by atomic mass is 16.5. The Kier molecular flexibility index (Phi) is 4.56. The van der Waals surface area contributed by atoms with Gasteiger partial charge in [-0.3, -0.25) is 9.48 Å². The molecule has 5 rings (SSSR count). The third-order valence-electron chi connectivity index (χ3n) is 6.29.